The SMILES string of the molecule is CC(C)N(C)C(=O)C[NH+]1CCN(S(=O)(=O)c2ccccc2F)CC1. The maximum absolute atomic E-state index is 13.8. The average Bonchev–Trinajstić information content (AvgIpc) is 2.54. The van der Waals surface area contributed by atoms with Crippen LogP contribution < -0.4 is 4.90 Å². The van der Waals surface area contributed by atoms with Crippen molar-refractivity contribution in [1.29, 1.82) is 0 Å². The van der Waals surface area contributed by atoms with E-state index < -0.39 is 15.8 Å². The minimum Gasteiger partial charge on any atom is -0.338 e. The van der Waals surface area contributed by atoms with Crippen LogP contribution >= 0.6 is 0 Å². The molecule has 1 amide bonds. The lowest BCUT2D eigenvalue weighted by Gasteiger charge is -2.32. The Kier molecular flexibility index (Phi) is 5.95. The lowest BCUT2D eigenvalue weighted by atomic mass is 10.3. The zero-order valence-corrected chi connectivity index (χ0v) is 15.1. The number of amides is 1. The van der Waals surface area contributed by atoms with Crippen LogP contribution in [-0.2, 0) is 14.8 Å². The van der Waals surface area contributed by atoms with Gasteiger partial charge in [0.1, 0.15) is 10.7 Å². The molecule has 1 aromatic carbocycles. The van der Waals surface area contributed by atoms with E-state index in [0.29, 0.717) is 19.6 Å². The third-order valence-electron chi connectivity index (χ3n) is 4.45. The van der Waals surface area contributed by atoms with E-state index in [1.165, 1.54) is 22.5 Å². The number of carbonyl (C=O) groups excluding carboxylic acids is 1. The number of quaternary nitrogens is 1. The van der Waals surface area contributed by atoms with Crippen LogP contribution in [0, 0.1) is 5.82 Å². The van der Waals surface area contributed by atoms with Crippen molar-refractivity contribution in [3.05, 3.63) is 30.1 Å². The molecule has 6 nitrogen and oxygen atoms in total. The average molecular weight is 358 g/mol. The number of piperazine rings is 1. The van der Waals surface area contributed by atoms with Crippen molar-refractivity contribution in [3.63, 3.8) is 0 Å². The smallest absolute Gasteiger partial charge is 0.277 e. The molecule has 1 saturated heterocycles. The van der Waals surface area contributed by atoms with Gasteiger partial charge in [-0.15, -0.1) is 0 Å². The molecule has 24 heavy (non-hydrogen) atoms. The fourth-order valence-electron chi connectivity index (χ4n) is 2.64. The fourth-order valence-corrected chi connectivity index (χ4v) is 4.15. The molecule has 1 N–H and O–H groups in total. The molecule has 1 aliphatic rings. The van der Waals surface area contributed by atoms with Gasteiger partial charge in [-0.05, 0) is 26.0 Å². The summed E-state index contributed by atoms with van der Waals surface area (Å²) < 4.78 is 40.2. The van der Waals surface area contributed by atoms with Crippen LogP contribution in [0.2, 0.25) is 0 Å². The quantitative estimate of drug-likeness (QED) is 0.778. The van der Waals surface area contributed by atoms with Gasteiger partial charge in [0.15, 0.2) is 6.54 Å². The summed E-state index contributed by atoms with van der Waals surface area (Å²) in [6, 6.07) is 5.55. The molecular formula is C16H25FN3O3S+. The number of halogens is 1. The van der Waals surface area contributed by atoms with E-state index >= 15 is 0 Å². The first-order valence-electron chi connectivity index (χ1n) is 8.07. The number of benzene rings is 1. The van der Waals surface area contributed by atoms with Crippen LogP contribution in [0.5, 0.6) is 0 Å². The Morgan fingerprint density at radius 1 is 1.29 bits per heavy atom. The predicted molar refractivity (Wildman–Crippen MR) is 88.6 cm³/mol. The predicted octanol–water partition coefficient (Wildman–Crippen LogP) is -0.418. The number of hydrogen-bond acceptors (Lipinski definition) is 3. The van der Waals surface area contributed by atoms with E-state index in [-0.39, 0.29) is 29.9 Å². The number of likely N-dealkylation sites (N-methyl/N-ethyl adjacent to an activating group) is 1. The lowest BCUT2D eigenvalue weighted by molar-refractivity contribution is -0.896. The number of nitrogens with zero attached hydrogens (tertiary/aromatic N) is 2. The first-order chi connectivity index (χ1) is 11.2. The number of hydrogen-bond donors (Lipinski definition) is 1. The van der Waals surface area contributed by atoms with Crippen molar-refractivity contribution in [2.24, 2.45) is 0 Å². The lowest BCUT2D eigenvalue weighted by Crippen LogP contribution is -3.15. The number of carbonyl (C=O) groups is 1. The summed E-state index contributed by atoms with van der Waals surface area (Å²) >= 11 is 0. The van der Waals surface area contributed by atoms with Gasteiger partial charge < -0.3 is 9.80 Å². The summed E-state index contributed by atoms with van der Waals surface area (Å²) in [5.41, 5.74) is 0. The number of nitrogens with one attached hydrogen (secondary N) is 1. The van der Waals surface area contributed by atoms with Crippen molar-refractivity contribution >= 4 is 15.9 Å². The molecule has 2 rings (SSSR count). The van der Waals surface area contributed by atoms with Gasteiger partial charge in [-0.3, -0.25) is 4.79 Å². The maximum atomic E-state index is 13.8. The second-order valence-corrected chi connectivity index (χ2v) is 8.27. The molecule has 0 bridgehead atoms. The molecule has 0 aliphatic carbocycles. The van der Waals surface area contributed by atoms with Gasteiger partial charge in [-0.1, -0.05) is 12.1 Å². The van der Waals surface area contributed by atoms with Gasteiger partial charge in [-0.2, -0.15) is 4.31 Å². The minimum absolute atomic E-state index is 0.0467. The van der Waals surface area contributed by atoms with Crippen molar-refractivity contribution in [3.8, 4) is 0 Å². The first-order valence-corrected chi connectivity index (χ1v) is 9.51. The van der Waals surface area contributed by atoms with Crippen LogP contribution in [0.15, 0.2) is 29.2 Å². The van der Waals surface area contributed by atoms with E-state index in [4.69, 9.17) is 0 Å². The molecule has 0 saturated carbocycles. The molecule has 1 heterocycles. The van der Waals surface area contributed by atoms with E-state index in [1.807, 2.05) is 13.8 Å². The highest BCUT2D eigenvalue weighted by molar-refractivity contribution is 7.89. The molecule has 1 aliphatic heterocycles. The van der Waals surface area contributed by atoms with Gasteiger partial charge in [0, 0.05) is 13.1 Å². The summed E-state index contributed by atoms with van der Waals surface area (Å²) in [6.07, 6.45) is 0. The van der Waals surface area contributed by atoms with Crippen LogP contribution in [0.4, 0.5) is 4.39 Å². The molecule has 1 fully saturated rings. The van der Waals surface area contributed by atoms with Crippen LogP contribution in [0.3, 0.4) is 0 Å². The maximum Gasteiger partial charge on any atom is 0.277 e. The summed E-state index contributed by atoms with van der Waals surface area (Å²) in [7, 11) is -2.06. The second-order valence-electron chi connectivity index (χ2n) is 6.36. The second kappa shape index (κ2) is 7.58. The Morgan fingerprint density at radius 2 is 1.88 bits per heavy atom. The van der Waals surface area contributed by atoms with E-state index in [9.17, 15) is 17.6 Å². The van der Waals surface area contributed by atoms with Crippen molar-refractivity contribution in [2.45, 2.75) is 24.8 Å². The van der Waals surface area contributed by atoms with Gasteiger partial charge >= 0.3 is 0 Å². The van der Waals surface area contributed by atoms with Crippen LogP contribution in [-0.4, -0.2) is 69.3 Å². The highest BCUT2D eigenvalue weighted by atomic mass is 32.2. The van der Waals surface area contributed by atoms with Gasteiger partial charge in [0.25, 0.3) is 5.91 Å². The highest BCUT2D eigenvalue weighted by Gasteiger charge is 2.33. The zero-order chi connectivity index (χ0) is 17.9. The van der Waals surface area contributed by atoms with E-state index in [1.54, 1.807) is 11.9 Å². The van der Waals surface area contributed by atoms with E-state index in [0.717, 1.165) is 11.0 Å². The molecular weight excluding hydrogens is 333 g/mol. The van der Waals surface area contributed by atoms with Crippen molar-refractivity contribution < 1.29 is 22.5 Å². The van der Waals surface area contributed by atoms with Gasteiger partial charge in [0.2, 0.25) is 10.0 Å². The Hall–Kier alpha value is -1.51. The summed E-state index contributed by atoms with van der Waals surface area (Å²) in [5, 5.41) is 0. The van der Waals surface area contributed by atoms with Crippen molar-refractivity contribution in [1.82, 2.24) is 9.21 Å². The molecule has 0 unspecified atom stereocenters. The molecule has 134 valence electrons. The largest absolute Gasteiger partial charge is 0.338 e. The highest BCUT2D eigenvalue weighted by Crippen LogP contribution is 2.18. The Labute approximate surface area is 142 Å². The van der Waals surface area contributed by atoms with Crippen LogP contribution in [0.25, 0.3) is 0 Å². The number of rotatable bonds is 5. The van der Waals surface area contributed by atoms with Gasteiger partial charge in [0.05, 0.1) is 26.2 Å². The molecule has 0 aromatic heterocycles. The molecule has 0 atom stereocenters. The third kappa shape index (κ3) is 4.12. The summed E-state index contributed by atoms with van der Waals surface area (Å²) in [4.78, 5) is 14.6. The Morgan fingerprint density at radius 3 is 2.42 bits per heavy atom. The fraction of sp³-hybridized carbons (Fsp3) is 0.562. The van der Waals surface area contributed by atoms with Crippen molar-refractivity contribution in [2.75, 3.05) is 39.8 Å². The number of sulfonamides is 1. The molecule has 0 spiro atoms. The van der Waals surface area contributed by atoms with Gasteiger partial charge in [-0.25, -0.2) is 12.8 Å². The van der Waals surface area contributed by atoms with E-state index in [2.05, 4.69) is 0 Å². The molecule has 0 radical (unpaired) electrons. The summed E-state index contributed by atoms with van der Waals surface area (Å²) in [6.45, 7) is 5.88. The monoisotopic (exact) mass is 358 g/mol. The Balaban J connectivity index is 1.98. The minimum atomic E-state index is -3.82. The summed E-state index contributed by atoms with van der Waals surface area (Å²) in [5.74, 6) is -0.688. The third-order valence-corrected chi connectivity index (χ3v) is 6.39. The zero-order valence-electron chi connectivity index (χ0n) is 14.3. The molecule has 1 aromatic rings. The first kappa shape index (κ1) is 18.8. The molecule has 8 heteroatoms. The standard InChI is InChI=1S/C16H24FN3O3S/c1-13(2)18(3)16(21)12-19-8-10-20(11-9-19)24(22,23)15-7-5-4-6-14(15)17/h4-7,13H,8-12H2,1-3H3/p+1. The Bertz CT molecular complexity index is 686. The normalized spacial score (nSPS) is 17.2. The topological polar surface area (TPSA) is 62.1 Å². The van der Waals surface area contributed by atoms with Crippen LogP contribution in [0.1, 0.15) is 13.8 Å².